The molecule has 0 bridgehead atoms. The molecule has 0 aliphatic carbocycles. The molecule has 0 heterocycles. The Morgan fingerprint density at radius 2 is 1.52 bits per heavy atom. The second kappa shape index (κ2) is 18.9. The zero-order valence-corrected chi connectivity index (χ0v) is 39.0. The van der Waals surface area contributed by atoms with E-state index in [4.69, 9.17) is 21.2 Å². The van der Waals surface area contributed by atoms with Crippen molar-refractivity contribution in [2.75, 3.05) is 10.4 Å². The first-order valence-corrected chi connectivity index (χ1v) is 20.9. The van der Waals surface area contributed by atoms with E-state index in [1.807, 2.05) is 12.1 Å². The van der Waals surface area contributed by atoms with Gasteiger partial charge in [-0.2, -0.15) is 13.5 Å². The number of fused-ring (bicyclic) bond motifs is 1. The number of anilines is 2. The number of hydrogen-bond donors (Lipinski definition) is 4. The molecule has 0 radical (unpaired) electrons. The van der Waals surface area contributed by atoms with Crippen molar-refractivity contribution in [3.63, 3.8) is 0 Å². The molecule has 60 heavy (non-hydrogen) atoms. The monoisotopic (exact) mass is 868 g/mol. The topological polar surface area (TPSA) is 187 Å². The molecule has 4 N–H and O–H groups in total. The number of hydroxylamine groups is 1. The van der Waals surface area contributed by atoms with Gasteiger partial charge in [0.15, 0.2) is 17.2 Å². The fourth-order valence-electron chi connectivity index (χ4n) is 6.07. The van der Waals surface area contributed by atoms with Crippen LogP contribution in [-0.2, 0) is 30.5 Å². The number of ether oxygens (including phenoxy) is 1. The summed E-state index contributed by atoms with van der Waals surface area (Å²) < 4.78 is 40.8. The first-order valence-electron chi connectivity index (χ1n) is 19.0. The average molecular weight is 869 g/mol. The minimum Gasteiger partial charge on any atom is -1.00 e. The van der Waals surface area contributed by atoms with Gasteiger partial charge in [-0.05, 0) is 90.1 Å². The van der Waals surface area contributed by atoms with E-state index < -0.39 is 32.4 Å². The fraction of sp³-hybridized carbons (Fsp3) is 0.318. The first kappa shape index (κ1) is 48.0. The molecular weight excluding hydrogens is 819 g/mol. The fourth-order valence-corrected chi connectivity index (χ4v) is 6.92. The van der Waals surface area contributed by atoms with Crippen LogP contribution in [0.15, 0.2) is 87.9 Å². The number of nitrogens with zero attached hydrogens (tertiary/aromatic N) is 3. The molecule has 0 spiro atoms. The summed E-state index contributed by atoms with van der Waals surface area (Å²) in [7, 11) is -4.85. The van der Waals surface area contributed by atoms with E-state index in [1.165, 1.54) is 43.3 Å². The Bertz CT molecular complexity index is 2590. The minimum atomic E-state index is -4.85. The van der Waals surface area contributed by atoms with E-state index >= 15 is 0 Å². The number of nitrogens with one attached hydrogen (secondary N) is 1. The van der Waals surface area contributed by atoms with E-state index in [0.717, 1.165) is 35.1 Å². The molecule has 314 valence electrons. The zero-order valence-electron chi connectivity index (χ0n) is 36.5. The molecule has 0 aliphatic heterocycles. The predicted molar refractivity (Wildman–Crippen MR) is 231 cm³/mol. The number of rotatable bonds is 14. The summed E-state index contributed by atoms with van der Waals surface area (Å²) in [4.78, 5) is 30.8. The van der Waals surface area contributed by atoms with Crippen molar-refractivity contribution in [2.24, 2.45) is 10.2 Å². The van der Waals surface area contributed by atoms with E-state index in [2.05, 4.69) is 63.2 Å². The van der Waals surface area contributed by atoms with Gasteiger partial charge in [0.1, 0.15) is 27.8 Å². The first-order chi connectivity index (χ1) is 27.6. The smallest absolute Gasteiger partial charge is 1.00 e. The van der Waals surface area contributed by atoms with Crippen LogP contribution in [-0.4, -0.2) is 35.0 Å². The predicted octanol–water partition coefficient (Wildman–Crippen LogP) is 8.85. The number of amides is 2. The Labute approximate surface area is 379 Å². The molecule has 0 fully saturated rings. The third-order valence-corrected chi connectivity index (χ3v) is 12.0. The maximum atomic E-state index is 13.2. The number of aromatic hydroxyl groups is 2. The van der Waals surface area contributed by atoms with Crippen molar-refractivity contribution in [2.45, 2.75) is 97.3 Å². The average Bonchev–Trinajstić information content (AvgIpc) is 3.19. The minimum absolute atomic E-state index is 0. The van der Waals surface area contributed by atoms with E-state index in [1.54, 1.807) is 26.0 Å². The quantitative estimate of drug-likeness (QED) is 0.0366. The van der Waals surface area contributed by atoms with Crippen LogP contribution >= 0.6 is 11.6 Å². The molecule has 0 unspecified atom stereocenters. The second-order valence-electron chi connectivity index (χ2n) is 15.5. The molecule has 13 nitrogen and oxygen atoms in total. The van der Waals surface area contributed by atoms with Gasteiger partial charge in [-0.25, -0.2) is 0 Å². The van der Waals surface area contributed by atoms with Crippen molar-refractivity contribution in [1.82, 2.24) is 0 Å². The van der Waals surface area contributed by atoms with Crippen molar-refractivity contribution in [3.05, 3.63) is 94.5 Å². The van der Waals surface area contributed by atoms with Crippen LogP contribution in [0.1, 0.15) is 92.8 Å². The number of benzene rings is 5. The van der Waals surface area contributed by atoms with Crippen LogP contribution < -0.4 is 49.5 Å². The maximum Gasteiger partial charge on any atom is 1.00 e. The molecule has 0 aromatic heterocycles. The second-order valence-corrected chi connectivity index (χ2v) is 17.2. The number of carbonyl (C=O) groups excluding carboxylic acids is 2. The number of phenols is 2. The molecule has 0 aliphatic rings. The normalized spacial score (nSPS) is 12.0. The van der Waals surface area contributed by atoms with Gasteiger partial charge in [0.2, 0.25) is 5.91 Å². The molecule has 0 saturated carbocycles. The summed E-state index contributed by atoms with van der Waals surface area (Å²) in [5.41, 5.74) is 2.02. The van der Waals surface area contributed by atoms with Gasteiger partial charge in [-0.15, -0.1) is 10.2 Å². The Morgan fingerprint density at radius 3 is 2.10 bits per heavy atom. The van der Waals surface area contributed by atoms with Crippen molar-refractivity contribution < 1.29 is 73.3 Å². The van der Waals surface area contributed by atoms with Gasteiger partial charge in [0.05, 0.1) is 10.7 Å². The Morgan fingerprint density at radius 1 is 0.867 bits per heavy atom. The van der Waals surface area contributed by atoms with Crippen molar-refractivity contribution in [1.29, 1.82) is 0 Å². The van der Waals surface area contributed by atoms with Crippen LogP contribution in [0, 0.1) is 6.92 Å². The molecule has 0 atom stereocenters. The summed E-state index contributed by atoms with van der Waals surface area (Å²) >= 11 is 6.62. The summed E-state index contributed by atoms with van der Waals surface area (Å²) in [5, 5.41) is 34.5. The number of phenolic OH excluding ortho intramolecular Hbond substituents is 2. The largest absolute Gasteiger partial charge is 1.00 e. The summed E-state index contributed by atoms with van der Waals surface area (Å²) in [5.74, 6) is -0.812. The summed E-state index contributed by atoms with van der Waals surface area (Å²) in [6, 6.07) is 19.1. The van der Waals surface area contributed by atoms with E-state index in [9.17, 15) is 32.8 Å². The van der Waals surface area contributed by atoms with Gasteiger partial charge in [0.25, 0.3) is 16.0 Å². The van der Waals surface area contributed by atoms with Crippen LogP contribution in [0.2, 0.25) is 5.02 Å². The number of carbonyl (C=O) groups is 2. The molecule has 16 heteroatoms. The number of halogens is 1. The van der Waals surface area contributed by atoms with Crippen LogP contribution in [0.25, 0.3) is 10.8 Å². The third-order valence-electron chi connectivity index (χ3n) is 10.6. The molecular formula is C44H50ClN4NaO9S. The van der Waals surface area contributed by atoms with Crippen LogP contribution in [0.3, 0.4) is 0 Å². The number of hydrogen-bond acceptors (Lipinski definition) is 10. The summed E-state index contributed by atoms with van der Waals surface area (Å²) in [6.07, 6.45) is 1.93. The van der Waals surface area contributed by atoms with E-state index in [0.29, 0.717) is 22.7 Å². The molecule has 5 rings (SSSR count). The van der Waals surface area contributed by atoms with Gasteiger partial charge < -0.3 is 26.5 Å². The zero-order chi connectivity index (χ0) is 43.6. The van der Waals surface area contributed by atoms with Gasteiger partial charge in [0, 0.05) is 41.6 Å². The van der Waals surface area contributed by atoms with Gasteiger partial charge >= 0.3 is 29.6 Å². The van der Waals surface area contributed by atoms with Crippen LogP contribution in [0.5, 0.6) is 28.7 Å². The SMILES string of the molecule is CCC(=O)Nc1ccc2cc(S(=O)(=O)O)c(N=Nc3ccc(Oc4cc(N(Oc5ccc(C(C)(C)CC)cc5C(C)(C)CC)C(C)=O)c(O)c(Cl)c4C)cc3)c(O)c2c1.[H-].[Na+]. The maximum absolute atomic E-state index is 13.2. The molecule has 2 amide bonds. The Kier molecular flexibility index (Phi) is 15.1. The molecule has 5 aromatic rings. The van der Waals surface area contributed by atoms with Crippen LogP contribution in [0.4, 0.5) is 22.7 Å². The standard InChI is InChI=1S/C44H49ClN4O9S.Na.H/c1-10-38(51)46-30-15-13-27-21-37(59(54,55)56)40(41(52)32(27)23-30)48-47-29-16-18-31(19-17-29)57-36-24-34(42(53)39(45)25(36)4)49(26(5)50)58-35-20-14-28(43(6,7)11-2)22-33(35)44(8,9)12-3;;/h13-24,52-53H,10-12H2,1-9H3,(H,46,51)(H,54,55,56);;/q;+1;-1. The van der Waals surface area contributed by atoms with Crippen molar-refractivity contribution in [3.8, 4) is 28.7 Å². The van der Waals surface area contributed by atoms with Gasteiger partial charge in [-0.1, -0.05) is 78.3 Å². The van der Waals surface area contributed by atoms with E-state index in [-0.39, 0.29) is 92.8 Å². The number of azo groups is 1. The third kappa shape index (κ3) is 10.4. The molecule has 0 saturated heterocycles. The molecule has 5 aromatic carbocycles. The van der Waals surface area contributed by atoms with Gasteiger partial charge in [-0.3, -0.25) is 14.1 Å². The van der Waals surface area contributed by atoms with Crippen molar-refractivity contribution >= 4 is 67.1 Å². The Hall–Kier alpha value is -4.70. The Balaban J connectivity index is 0.00000496. The summed E-state index contributed by atoms with van der Waals surface area (Å²) in [6.45, 7) is 17.4.